The van der Waals surface area contributed by atoms with Crippen LogP contribution < -0.4 is 9.44 Å². The quantitative estimate of drug-likeness (QED) is 0.652. The highest BCUT2D eigenvalue weighted by Crippen LogP contribution is 2.13. The molecule has 0 fully saturated rings. The molecule has 1 aromatic carbocycles. The molecule has 0 aliphatic carbocycles. The molecule has 0 amide bonds. The Morgan fingerprint density at radius 3 is 1.90 bits per heavy atom. The van der Waals surface area contributed by atoms with Crippen molar-refractivity contribution < 1.29 is 26.4 Å². The first kappa shape index (κ1) is 16.6. The number of sulfonamides is 2. The third kappa shape index (κ3) is 4.00. The number of esters is 1. The first-order chi connectivity index (χ1) is 9.23. The summed E-state index contributed by atoms with van der Waals surface area (Å²) in [7, 11) is -5.15. The Hall–Kier alpha value is -1.49. The fourth-order valence-electron chi connectivity index (χ4n) is 1.23. The van der Waals surface area contributed by atoms with Gasteiger partial charge in [-0.25, -0.2) is 21.6 Å². The zero-order chi connectivity index (χ0) is 15.4. The summed E-state index contributed by atoms with van der Waals surface area (Å²) in [4.78, 5) is 10.7. The lowest BCUT2D eigenvalue weighted by atomic mass is 10.4. The Kier molecular flexibility index (Phi) is 5.22. The minimum absolute atomic E-state index is 0.0630. The predicted molar refractivity (Wildman–Crippen MR) is 69.9 cm³/mol. The molecule has 0 saturated carbocycles. The molecule has 0 radical (unpaired) electrons. The Labute approximate surface area is 117 Å². The summed E-state index contributed by atoms with van der Waals surface area (Å²) in [5.41, 5.74) is 0. The fraction of sp³-hybridized carbons (Fsp3) is 0.300. The molecule has 0 unspecified atom stereocenters. The van der Waals surface area contributed by atoms with Gasteiger partial charge in [0.05, 0.1) is 16.9 Å². The normalized spacial score (nSPS) is 12.1. The molecule has 0 aromatic heterocycles. The van der Waals surface area contributed by atoms with E-state index in [4.69, 9.17) is 0 Å². The van der Waals surface area contributed by atoms with Gasteiger partial charge in [-0.15, -0.1) is 0 Å². The van der Waals surface area contributed by atoms with E-state index >= 15 is 0 Å². The molecule has 0 heterocycles. The molecule has 112 valence electrons. The molecule has 10 heteroatoms. The summed E-state index contributed by atoms with van der Waals surface area (Å²) >= 11 is 0. The van der Waals surface area contributed by atoms with Crippen molar-refractivity contribution in [3.05, 3.63) is 24.3 Å². The van der Waals surface area contributed by atoms with Crippen LogP contribution in [0.2, 0.25) is 0 Å². The average Bonchev–Trinajstić information content (AvgIpc) is 2.45. The second-order valence-corrected chi connectivity index (χ2v) is 7.23. The number of nitrogens with one attached hydrogen (secondary N) is 2. The van der Waals surface area contributed by atoms with E-state index in [1.807, 2.05) is 4.72 Å². The maximum absolute atomic E-state index is 11.8. The fourth-order valence-corrected chi connectivity index (χ4v) is 2.92. The lowest BCUT2D eigenvalue weighted by molar-refractivity contribution is -0.139. The van der Waals surface area contributed by atoms with E-state index in [9.17, 15) is 21.6 Å². The van der Waals surface area contributed by atoms with Gasteiger partial charge < -0.3 is 4.74 Å². The zero-order valence-corrected chi connectivity index (χ0v) is 12.4. The number of carbonyl (C=O) groups excluding carboxylic acids is 1. The Morgan fingerprint density at radius 2 is 1.50 bits per heavy atom. The zero-order valence-electron chi connectivity index (χ0n) is 10.8. The third-order valence-electron chi connectivity index (χ3n) is 2.35. The van der Waals surface area contributed by atoms with Gasteiger partial charge in [0.15, 0.2) is 0 Å². The topological polar surface area (TPSA) is 119 Å². The lowest BCUT2D eigenvalue weighted by Crippen LogP contribution is -2.30. The van der Waals surface area contributed by atoms with E-state index in [1.165, 1.54) is 7.05 Å². The summed E-state index contributed by atoms with van der Waals surface area (Å²) in [5, 5.41) is 0. The van der Waals surface area contributed by atoms with Crippen LogP contribution in [-0.2, 0) is 29.6 Å². The van der Waals surface area contributed by atoms with Crippen LogP contribution in [0.15, 0.2) is 34.1 Å². The maximum Gasteiger partial charge on any atom is 0.320 e. The van der Waals surface area contributed by atoms with Gasteiger partial charge in [0, 0.05) is 0 Å². The standard InChI is InChI=1S/C10H14N2O6S2/c1-11-19(14,15)8-3-5-9(6-4-8)20(16,17)12-7-10(13)18-2/h3-6,11-12H,7H2,1-2H3. The summed E-state index contributed by atoms with van der Waals surface area (Å²) in [6.45, 7) is -0.505. The SMILES string of the molecule is CNS(=O)(=O)c1ccc(S(=O)(=O)NCC(=O)OC)cc1. The van der Waals surface area contributed by atoms with Gasteiger partial charge in [-0.05, 0) is 31.3 Å². The van der Waals surface area contributed by atoms with Crippen LogP contribution in [0.25, 0.3) is 0 Å². The van der Waals surface area contributed by atoms with Crippen LogP contribution in [0.3, 0.4) is 0 Å². The van der Waals surface area contributed by atoms with Crippen molar-refractivity contribution in [1.29, 1.82) is 0 Å². The van der Waals surface area contributed by atoms with Crippen LogP contribution in [0.5, 0.6) is 0 Å². The number of hydrogen-bond acceptors (Lipinski definition) is 6. The van der Waals surface area contributed by atoms with Crippen molar-refractivity contribution in [2.75, 3.05) is 20.7 Å². The van der Waals surface area contributed by atoms with E-state index in [2.05, 4.69) is 9.46 Å². The Balaban J connectivity index is 2.96. The summed E-state index contributed by atoms with van der Waals surface area (Å²) in [6.07, 6.45) is 0. The number of hydrogen-bond donors (Lipinski definition) is 2. The molecular formula is C10H14N2O6S2. The highest BCUT2D eigenvalue weighted by atomic mass is 32.2. The van der Waals surface area contributed by atoms with Crippen molar-refractivity contribution in [3.8, 4) is 0 Å². The number of carbonyl (C=O) groups is 1. The second-order valence-electron chi connectivity index (χ2n) is 3.58. The van der Waals surface area contributed by atoms with Gasteiger partial charge in [-0.1, -0.05) is 0 Å². The Bertz CT molecular complexity index is 679. The highest BCUT2D eigenvalue weighted by molar-refractivity contribution is 7.90. The van der Waals surface area contributed by atoms with Gasteiger partial charge in [0.25, 0.3) is 0 Å². The summed E-state index contributed by atoms with van der Waals surface area (Å²) < 4.78 is 55.0. The van der Waals surface area contributed by atoms with Gasteiger partial charge in [0.1, 0.15) is 6.54 Å². The molecule has 0 aliphatic heterocycles. The third-order valence-corrected chi connectivity index (χ3v) is 5.19. The van der Waals surface area contributed by atoms with E-state index in [0.717, 1.165) is 31.4 Å². The average molecular weight is 322 g/mol. The molecule has 20 heavy (non-hydrogen) atoms. The molecule has 0 saturated heterocycles. The molecular weight excluding hydrogens is 308 g/mol. The molecule has 0 bridgehead atoms. The monoisotopic (exact) mass is 322 g/mol. The van der Waals surface area contributed by atoms with Crippen LogP contribution >= 0.6 is 0 Å². The van der Waals surface area contributed by atoms with E-state index in [0.29, 0.717) is 0 Å². The molecule has 0 spiro atoms. The molecule has 1 aromatic rings. The van der Waals surface area contributed by atoms with Gasteiger partial charge in [0.2, 0.25) is 20.0 Å². The van der Waals surface area contributed by atoms with Crippen molar-refractivity contribution in [2.45, 2.75) is 9.79 Å². The predicted octanol–water partition coefficient (Wildman–Crippen LogP) is -0.954. The molecule has 0 atom stereocenters. The van der Waals surface area contributed by atoms with E-state index < -0.39 is 32.6 Å². The largest absolute Gasteiger partial charge is 0.468 e. The smallest absolute Gasteiger partial charge is 0.320 e. The second kappa shape index (κ2) is 6.31. The van der Waals surface area contributed by atoms with Gasteiger partial charge >= 0.3 is 5.97 Å². The van der Waals surface area contributed by atoms with Crippen molar-refractivity contribution in [3.63, 3.8) is 0 Å². The van der Waals surface area contributed by atoms with Crippen LogP contribution in [0.4, 0.5) is 0 Å². The number of ether oxygens (including phenoxy) is 1. The minimum Gasteiger partial charge on any atom is -0.468 e. The number of methoxy groups -OCH3 is 1. The minimum atomic E-state index is -3.90. The van der Waals surface area contributed by atoms with Crippen molar-refractivity contribution in [1.82, 2.24) is 9.44 Å². The van der Waals surface area contributed by atoms with Gasteiger partial charge in [-0.3, -0.25) is 4.79 Å². The highest BCUT2D eigenvalue weighted by Gasteiger charge is 2.17. The van der Waals surface area contributed by atoms with Crippen LogP contribution in [0.1, 0.15) is 0 Å². The number of rotatable bonds is 6. The number of benzene rings is 1. The first-order valence-electron chi connectivity index (χ1n) is 5.33. The van der Waals surface area contributed by atoms with Crippen LogP contribution in [-0.4, -0.2) is 43.5 Å². The van der Waals surface area contributed by atoms with Crippen molar-refractivity contribution in [2.24, 2.45) is 0 Å². The van der Waals surface area contributed by atoms with E-state index in [-0.39, 0.29) is 9.79 Å². The van der Waals surface area contributed by atoms with Crippen molar-refractivity contribution >= 4 is 26.0 Å². The molecule has 1 rings (SSSR count). The Morgan fingerprint density at radius 1 is 1.05 bits per heavy atom. The van der Waals surface area contributed by atoms with Gasteiger partial charge in [-0.2, -0.15) is 4.72 Å². The molecule has 0 aliphatic rings. The van der Waals surface area contributed by atoms with Crippen LogP contribution in [0, 0.1) is 0 Å². The first-order valence-corrected chi connectivity index (χ1v) is 8.29. The lowest BCUT2D eigenvalue weighted by Gasteiger charge is -2.07. The molecule has 8 nitrogen and oxygen atoms in total. The molecule has 2 N–H and O–H groups in total. The van der Waals surface area contributed by atoms with E-state index in [1.54, 1.807) is 0 Å². The maximum atomic E-state index is 11.8. The summed E-state index contributed by atoms with van der Waals surface area (Å²) in [6, 6.07) is 4.56. The summed E-state index contributed by atoms with van der Waals surface area (Å²) in [5.74, 6) is -0.733.